The van der Waals surface area contributed by atoms with Crippen LogP contribution in [0, 0.1) is 6.92 Å². The summed E-state index contributed by atoms with van der Waals surface area (Å²) in [5.41, 5.74) is 3.16. The zero-order valence-corrected chi connectivity index (χ0v) is 17.0. The first-order chi connectivity index (χ1) is 13.0. The lowest BCUT2D eigenvalue weighted by atomic mass is 9.99. The van der Waals surface area contributed by atoms with Crippen molar-refractivity contribution in [1.82, 2.24) is 0 Å². The summed E-state index contributed by atoms with van der Waals surface area (Å²) < 4.78 is 5.05. The van der Waals surface area contributed by atoms with Crippen molar-refractivity contribution in [3.05, 3.63) is 59.7 Å². The van der Waals surface area contributed by atoms with Crippen molar-refractivity contribution in [2.75, 3.05) is 17.7 Å². The van der Waals surface area contributed by atoms with E-state index in [0.29, 0.717) is 17.4 Å². The Morgan fingerprint density at radius 2 is 1.74 bits per heavy atom. The Morgan fingerprint density at radius 3 is 2.37 bits per heavy atom. The predicted octanol–water partition coefficient (Wildman–Crippen LogP) is 5.17. The van der Waals surface area contributed by atoms with Crippen LogP contribution in [0.5, 0.6) is 0 Å². The summed E-state index contributed by atoms with van der Waals surface area (Å²) in [5, 5.41) is 2.75. The van der Waals surface area contributed by atoms with Crippen molar-refractivity contribution in [3.63, 3.8) is 0 Å². The molecular weight excluding hydrogens is 358 g/mol. The monoisotopic (exact) mass is 385 g/mol. The molecule has 2 aromatic rings. The summed E-state index contributed by atoms with van der Waals surface area (Å²) in [5.74, 6) is 0.428. The number of amides is 1. The molecule has 4 nitrogen and oxygen atoms in total. The summed E-state index contributed by atoms with van der Waals surface area (Å²) in [6.07, 6.45) is 1.35. The quantitative estimate of drug-likeness (QED) is 0.478. The fraction of sp³-hybridized carbons (Fsp3) is 0.364. The Labute approximate surface area is 165 Å². The molecular formula is C22H27NO3S. The van der Waals surface area contributed by atoms with Gasteiger partial charge in [-0.15, -0.1) is 11.8 Å². The third kappa shape index (κ3) is 7.47. The summed E-state index contributed by atoms with van der Waals surface area (Å²) >= 11 is 1.60. The number of rotatable bonds is 9. The first kappa shape index (κ1) is 21.0. The third-order valence-corrected chi connectivity index (χ3v) is 5.35. The highest BCUT2D eigenvalue weighted by atomic mass is 32.2. The van der Waals surface area contributed by atoms with Gasteiger partial charge in [-0.05, 0) is 49.1 Å². The van der Waals surface area contributed by atoms with Gasteiger partial charge in [0.1, 0.15) is 0 Å². The Hall–Kier alpha value is -2.27. The molecule has 2 rings (SSSR count). The number of aryl methyl sites for hydroxylation is 1. The van der Waals surface area contributed by atoms with Crippen molar-refractivity contribution in [3.8, 4) is 0 Å². The number of thioether (sulfide) groups is 1. The van der Waals surface area contributed by atoms with E-state index in [4.69, 9.17) is 4.74 Å². The van der Waals surface area contributed by atoms with Crippen molar-refractivity contribution in [2.24, 2.45) is 0 Å². The van der Waals surface area contributed by atoms with E-state index in [-0.39, 0.29) is 24.9 Å². The van der Waals surface area contributed by atoms with Crippen molar-refractivity contribution < 1.29 is 14.3 Å². The van der Waals surface area contributed by atoms with Crippen LogP contribution in [-0.4, -0.2) is 24.2 Å². The van der Waals surface area contributed by atoms with Crippen molar-refractivity contribution >= 4 is 29.3 Å². The Kier molecular flexibility index (Phi) is 8.40. The molecule has 0 bridgehead atoms. The molecule has 1 atom stereocenters. The minimum absolute atomic E-state index is 0.263. The smallest absolute Gasteiger partial charge is 0.307 e. The minimum Gasteiger partial charge on any atom is -0.456 e. The van der Waals surface area contributed by atoms with Gasteiger partial charge in [-0.2, -0.15) is 0 Å². The van der Waals surface area contributed by atoms with Crippen LogP contribution in [0.3, 0.4) is 0 Å². The maximum Gasteiger partial charge on any atom is 0.307 e. The van der Waals surface area contributed by atoms with Crippen molar-refractivity contribution in [2.45, 2.75) is 44.4 Å². The molecule has 1 unspecified atom stereocenters. The highest BCUT2D eigenvalue weighted by Crippen LogP contribution is 2.21. The number of benzene rings is 2. The molecule has 0 spiro atoms. The lowest BCUT2D eigenvalue weighted by Crippen LogP contribution is -2.21. The maximum atomic E-state index is 11.9. The normalized spacial score (nSPS) is 11.7. The number of nitrogens with one attached hydrogen (secondary N) is 1. The second-order valence-electron chi connectivity index (χ2n) is 6.55. The number of esters is 1. The van der Waals surface area contributed by atoms with Gasteiger partial charge in [-0.3, -0.25) is 9.59 Å². The van der Waals surface area contributed by atoms with Crippen LogP contribution < -0.4 is 5.32 Å². The SMILES string of the molecule is CCC(C)c1ccc(NC(=O)COC(=O)CCSc2ccc(C)cc2)cc1. The Morgan fingerprint density at radius 1 is 1.07 bits per heavy atom. The largest absolute Gasteiger partial charge is 0.456 e. The molecule has 0 heterocycles. The second kappa shape index (κ2) is 10.8. The van der Waals surface area contributed by atoms with E-state index < -0.39 is 0 Å². The molecule has 0 aliphatic rings. The number of hydrogen-bond donors (Lipinski definition) is 1. The van der Waals surface area contributed by atoms with Gasteiger partial charge in [0.25, 0.3) is 5.91 Å². The standard InChI is InChI=1S/C22H27NO3S/c1-4-17(3)18-7-9-19(10-8-18)23-21(24)15-26-22(25)13-14-27-20-11-5-16(2)6-12-20/h5-12,17H,4,13-15H2,1-3H3,(H,23,24). The maximum absolute atomic E-state index is 11.9. The zero-order chi connectivity index (χ0) is 19.6. The summed E-state index contributed by atoms with van der Waals surface area (Å²) in [6, 6.07) is 15.9. The Balaban J connectivity index is 1.67. The first-order valence-corrected chi connectivity index (χ1v) is 10.2. The average molecular weight is 386 g/mol. The van der Waals surface area contributed by atoms with Gasteiger partial charge in [-0.25, -0.2) is 0 Å². The molecule has 0 saturated carbocycles. The first-order valence-electron chi connectivity index (χ1n) is 9.23. The number of carbonyl (C=O) groups excluding carboxylic acids is 2. The molecule has 0 radical (unpaired) electrons. The molecule has 27 heavy (non-hydrogen) atoms. The van der Waals surface area contributed by atoms with Crippen LogP contribution in [0.25, 0.3) is 0 Å². The molecule has 144 valence electrons. The van der Waals surface area contributed by atoms with Gasteiger partial charge < -0.3 is 10.1 Å². The lowest BCUT2D eigenvalue weighted by Gasteiger charge is -2.10. The van der Waals surface area contributed by atoms with Gasteiger partial charge in [0.15, 0.2) is 6.61 Å². The molecule has 1 N–H and O–H groups in total. The third-order valence-electron chi connectivity index (χ3n) is 4.34. The highest BCUT2D eigenvalue weighted by Gasteiger charge is 2.09. The number of hydrogen-bond acceptors (Lipinski definition) is 4. The van der Waals surface area contributed by atoms with Gasteiger partial charge in [0.05, 0.1) is 6.42 Å². The molecule has 0 aliphatic carbocycles. The second-order valence-corrected chi connectivity index (χ2v) is 7.72. The summed E-state index contributed by atoms with van der Waals surface area (Å²) in [4.78, 5) is 24.8. The minimum atomic E-state index is -0.364. The molecule has 5 heteroatoms. The number of anilines is 1. The van der Waals surface area contributed by atoms with E-state index in [0.717, 1.165) is 11.3 Å². The highest BCUT2D eigenvalue weighted by molar-refractivity contribution is 7.99. The molecule has 0 saturated heterocycles. The molecule has 0 aliphatic heterocycles. The van der Waals surface area contributed by atoms with Gasteiger partial charge in [0, 0.05) is 16.3 Å². The molecule has 0 fully saturated rings. The van der Waals surface area contributed by atoms with Crippen LogP contribution in [0.1, 0.15) is 43.7 Å². The van der Waals surface area contributed by atoms with Gasteiger partial charge >= 0.3 is 5.97 Å². The number of carbonyl (C=O) groups is 2. The Bertz CT molecular complexity index is 741. The van der Waals surface area contributed by atoms with Gasteiger partial charge in [0.2, 0.25) is 0 Å². The van der Waals surface area contributed by atoms with Crippen LogP contribution >= 0.6 is 11.8 Å². The molecule has 2 aromatic carbocycles. The molecule has 1 amide bonds. The van der Waals surface area contributed by atoms with Crippen LogP contribution in [0.4, 0.5) is 5.69 Å². The van der Waals surface area contributed by atoms with E-state index in [1.165, 1.54) is 11.1 Å². The number of ether oxygens (including phenoxy) is 1. The van der Waals surface area contributed by atoms with E-state index in [1.54, 1.807) is 11.8 Å². The van der Waals surface area contributed by atoms with E-state index in [2.05, 4.69) is 19.2 Å². The summed E-state index contributed by atoms with van der Waals surface area (Å²) in [7, 11) is 0. The van der Waals surface area contributed by atoms with Crippen LogP contribution in [0.2, 0.25) is 0 Å². The fourth-order valence-electron chi connectivity index (χ4n) is 2.43. The molecule has 0 aromatic heterocycles. The predicted molar refractivity (Wildman–Crippen MR) is 111 cm³/mol. The van der Waals surface area contributed by atoms with E-state index >= 15 is 0 Å². The summed E-state index contributed by atoms with van der Waals surface area (Å²) in [6.45, 7) is 6.09. The topological polar surface area (TPSA) is 55.4 Å². The van der Waals surface area contributed by atoms with Crippen LogP contribution in [0.15, 0.2) is 53.4 Å². The van der Waals surface area contributed by atoms with E-state index in [1.807, 2.05) is 55.5 Å². The zero-order valence-electron chi connectivity index (χ0n) is 16.2. The van der Waals surface area contributed by atoms with Crippen molar-refractivity contribution in [1.29, 1.82) is 0 Å². The average Bonchev–Trinajstić information content (AvgIpc) is 2.68. The fourth-order valence-corrected chi connectivity index (χ4v) is 3.27. The van der Waals surface area contributed by atoms with Crippen LogP contribution in [-0.2, 0) is 14.3 Å². The lowest BCUT2D eigenvalue weighted by molar-refractivity contribution is -0.146. The van der Waals surface area contributed by atoms with Gasteiger partial charge in [-0.1, -0.05) is 43.7 Å². The van der Waals surface area contributed by atoms with E-state index in [9.17, 15) is 9.59 Å².